The van der Waals surface area contributed by atoms with Gasteiger partial charge in [0.1, 0.15) is 11.3 Å². The highest BCUT2D eigenvalue weighted by Gasteiger charge is 2.15. The summed E-state index contributed by atoms with van der Waals surface area (Å²) >= 11 is 0. The molecule has 26 heavy (non-hydrogen) atoms. The zero-order valence-electron chi connectivity index (χ0n) is 15.2. The zero-order chi connectivity index (χ0) is 18.5. The lowest BCUT2D eigenvalue weighted by Gasteiger charge is -2.14. The van der Waals surface area contributed by atoms with Gasteiger partial charge in [0.25, 0.3) is 0 Å². The Morgan fingerprint density at radius 2 is 1.92 bits per heavy atom. The molecule has 1 N–H and O–H groups in total. The summed E-state index contributed by atoms with van der Waals surface area (Å²) in [4.78, 5) is 12.3. The molecular weight excluding hydrogens is 330 g/mol. The summed E-state index contributed by atoms with van der Waals surface area (Å²) in [6.45, 7) is 1.92. The van der Waals surface area contributed by atoms with E-state index in [2.05, 4.69) is 5.32 Å². The molecule has 3 aromatic rings. The summed E-state index contributed by atoms with van der Waals surface area (Å²) in [7, 11) is 3.20. The topological polar surface area (TPSA) is 60.7 Å². The van der Waals surface area contributed by atoms with Gasteiger partial charge in [0.2, 0.25) is 5.91 Å². The number of rotatable bonds is 7. The Hall–Kier alpha value is -2.95. The van der Waals surface area contributed by atoms with Crippen molar-refractivity contribution in [1.29, 1.82) is 0 Å². The third-order valence-electron chi connectivity index (χ3n) is 4.35. The van der Waals surface area contributed by atoms with Crippen LogP contribution in [0.15, 0.2) is 52.9 Å². The van der Waals surface area contributed by atoms with Crippen LogP contribution in [0.3, 0.4) is 0 Å². The Balaban J connectivity index is 1.62. The lowest BCUT2D eigenvalue weighted by atomic mass is 10.1. The Labute approximate surface area is 152 Å². The van der Waals surface area contributed by atoms with Crippen LogP contribution in [0.2, 0.25) is 0 Å². The van der Waals surface area contributed by atoms with Gasteiger partial charge in [-0.15, -0.1) is 0 Å². The first-order valence-electron chi connectivity index (χ1n) is 8.60. The summed E-state index contributed by atoms with van der Waals surface area (Å²) in [5.74, 6) is 2.05. The van der Waals surface area contributed by atoms with Crippen molar-refractivity contribution in [1.82, 2.24) is 5.32 Å². The first-order chi connectivity index (χ1) is 12.6. The summed E-state index contributed by atoms with van der Waals surface area (Å²) in [6, 6.07) is 15.3. The molecule has 0 radical (unpaired) electrons. The molecule has 3 rings (SSSR count). The molecule has 0 bridgehead atoms. The van der Waals surface area contributed by atoms with Crippen LogP contribution < -0.4 is 14.8 Å². The molecule has 0 aliphatic heterocycles. The lowest BCUT2D eigenvalue weighted by molar-refractivity contribution is -0.121. The van der Waals surface area contributed by atoms with Crippen LogP contribution in [-0.2, 0) is 11.2 Å². The van der Waals surface area contributed by atoms with Crippen molar-refractivity contribution < 1.29 is 18.7 Å². The highest BCUT2D eigenvalue weighted by atomic mass is 16.5. The third-order valence-corrected chi connectivity index (χ3v) is 4.35. The summed E-state index contributed by atoms with van der Waals surface area (Å²) in [5, 5.41) is 4.02. The smallest absolute Gasteiger partial charge is 0.220 e. The molecule has 1 heterocycles. The van der Waals surface area contributed by atoms with Crippen molar-refractivity contribution in [3.63, 3.8) is 0 Å². The van der Waals surface area contributed by atoms with E-state index in [4.69, 9.17) is 13.9 Å². The number of carbonyl (C=O) groups excluding carboxylic acids is 1. The number of para-hydroxylation sites is 2. The molecule has 1 atom stereocenters. The number of fused-ring (bicyclic) bond motifs is 1. The minimum atomic E-state index is -0.192. The van der Waals surface area contributed by atoms with Gasteiger partial charge < -0.3 is 19.2 Å². The maximum Gasteiger partial charge on any atom is 0.220 e. The number of hydrogen-bond acceptors (Lipinski definition) is 4. The minimum absolute atomic E-state index is 0.0390. The monoisotopic (exact) mass is 353 g/mol. The maximum absolute atomic E-state index is 12.3. The minimum Gasteiger partial charge on any atom is -0.493 e. The Morgan fingerprint density at radius 1 is 1.12 bits per heavy atom. The molecule has 0 aliphatic rings. The normalized spacial score (nSPS) is 12.0. The van der Waals surface area contributed by atoms with Gasteiger partial charge in [0, 0.05) is 11.8 Å². The maximum atomic E-state index is 12.3. The van der Waals surface area contributed by atoms with Crippen molar-refractivity contribution in [3.8, 4) is 11.5 Å². The lowest BCUT2D eigenvalue weighted by Crippen LogP contribution is -2.26. The van der Waals surface area contributed by atoms with E-state index in [1.165, 1.54) is 0 Å². The van der Waals surface area contributed by atoms with Gasteiger partial charge in [-0.05, 0) is 37.1 Å². The predicted octanol–water partition coefficient (Wildman–Crippen LogP) is 4.26. The average Bonchev–Trinajstić information content (AvgIpc) is 3.10. The molecular formula is C21H23NO4. The SMILES string of the molecule is COc1cccc(CCC(=O)N[C@H](C)c2cc3ccccc3o2)c1OC. The van der Waals surface area contributed by atoms with Crippen LogP contribution in [0.1, 0.15) is 30.7 Å². The number of methoxy groups -OCH3 is 2. The fourth-order valence-corrected chi connectivity index (χ4v) is 3.00. The van der Waals surface area contributed by atoms with Crippen molar-refractivity contribution in [2.24, 2.45) is 0 Å². The van der Waals surface area contributed by atoms with Crippen LogP contribution in [0, 0.1) is 0 Å². The van der Waals surface area contributed by atoms with E-state index in [0.29, 0.717) is 24.3 Å². The number of benzene rings is 2. The van der Waals surface area contributed by atoms with Crippen molar-refractivity contribution in [3.05, 3.63) is 59.9 Å². The first kappa shape index (κ1) is 17.9. The molecule has 1 amide bonds. The third kappa shape index (κ3) is 3.82. The molecule has 136 valence electrons. The van der Waals surface area contributed by atoms with Gasteiger partial charge in [-0.25, -0.2) is 0 Å². The van der Waals surface area contributed by atoms with E-state index in [-0.39, 0.29) is 11.9 Å². The van der Waals surface area contributed by atoms with Crippen LogP contribution >= 0.6 is 0 Å². The predicted molar refractivity (Wildman–Crippen MR) is 101 cm³/mol. The van der Waals surface area contributed by atoms with Crippen LogP contribution in [0.4, 0.5) is 0 Å². The second-order valence-corrected chi connectivity index (χ2v) is 6.13. The second-order valence-electron chi connectivity index (χ2n) is 6.13. The fourth-order valence-electron chi connectivity index (χ4n) is 3.00. The number of amides is 1. The van der Waals surface area contributed by atoms with E-state index in [1.807, 2.05) is 55.5 Å². The molecule has 0 spiro atoms. The number of aryl methyl sites for hydroxylation is 1. The first-order valence-corrected chi connectivity index (χ1v) is 8.60. The van der Waals surface area contributed by atoms with Gasteiger partial charge in [0.15, 0.2) is 11.5 Å². The molecule has 5 nitrogen and oxygen atoms in total. The van der Waals surface area contributed by atoms with Crippen molar-refractivity contribution in [2.45, 2.75) is 25.8 Å². The molecule has 0 fully saturated rings. The van der Waals surface area contributed by atoms with E-state index in [9.17, 15) is 4.79 Å². The molecule has 2 aromatic carbocycles. The van der Waals surface area contributed by atoms with E-state index < -0.39 is 0 Å². The Kier molecular flexibility index (Phi) is 5.46. The molecule has 0 saturated carbocycles. The Morgan fingerprint density at radius 3 is 2.65 bits per heavy atom. The zero-order valence-corrected chi connectivity index (χ0v) is 15.2. The van der Waals surface area contributed by atoms with Gasteiger partial charge in [-0.1, -0.05) is 30.3 Å². The number of nitrogens with one attached hydrogen (secondary N) is 1. The van der Waals surface area contributed by atoms with Gasteiger partial charge >= 0.3 is 0 Å². The summed E-state index contributed by atoms with van der Waals surface area (Å²) in [6.07, 6.45) is 0.924. The van der Waals surface area contributed by atoms with Crippen molar-refractivity contribution >= 4 is 16.9 Å². The summed E-state index contributed by atoms with van der Waals surface area (Å²) < 4.78 is 16.5. The standard InChI is InChI=1S/C21H23NO4/c1-14(19-13-16-7-4-5-9-17(16)26-19)22-20(23)12-11-15-8-6-10-18(24-2)21(15)25-3/h4-10,13-14H,11-12H2,1-3H3,(H,22,23)/t14-/m1/s1. The highest BCUT2D eigenvalue weighted by molar-refractivity contribution is 5.79. The largest absolute Gasteiger partial charge is 0.493 e. The van der Waals surface area contributed by atoms with Crippen LogP contribution in [0.5, 0.6) is 11.5 Å². The second kappa shape index (κ2) is 7.95. The fraction of sp³-hybridized carbons (Fsp3) is 0.286. The van der Waals surface area contributed by atoms with E-state index >= 15 is 0 Å². The highest BCUT2D eigenvalue weighted by Crippen LogP contribution is 2.31. The van der Waals surface area contributed by atoms with E-state index in [1.54, 1.807) is 14.2 Å². The van der Waals surface area contributed by atoms with Gasteiger partial charge in [-0.3, -0.25) is 4.79 Å². The average molecular weight is 353 g/mol. The number of hydrogen-bond donors (Lipinski definition) is 1. The molecule has 0 aliphatic carbocycles. The number of ether oxygens (including phenoxy) is 2. The number of furan rings is 1. The molecule has 0 unspecified atom stereocenters. The van der Waals surface area contributed by atoms with Crippen LogP contribution in [0.25, 0.3) is 11.0 Å². The molecule has 5 heteroatoms. The van der Waals surface area contributed by atoms with E-state index in [0.717, 1.165) is 22.3 Å². The number of carbonyl (C=O) groups is 1. The summed E-state index contributed by atoms with van der Waals surface area (Å²) in [5.41, 5.74) is 1.77. The van der Waals surface area contributed by atoms with Gasteiger partial charge in [0.05, 0.1) is 20.3 Å². The van der Waals surface area contributed by atoms with Crippen molar-refractivity contribution in [2.75, 3.05) is 14.2 Å². The Bertz CT molecular complexity index is 867. The van der Waals surface area contributed by atoms with Crippen LogP contribution in [-0.4, -0.2) is 20.1 Å². The quantitative estimate of drug-likeness (QED) is 0.689. The molecule has 0 saturated heterocycles. The molecule has 1 aromatic heterocycles. The van der Waals surface area contributed by atoms with Gasteiger partial charge in [-0.2, -0.15) is 0 Å².